The first kappa shape index (κ1) is 13.3. The zero-order chi connectivity index (χ0) is 14.7. The van der Waals surface area contributed by atoms with Crippen LogP contribution in [0.1, 0.15) is 21.9 Å². The number of furan rings is 1. The van der Waals surface area contributed by atoms with Gasteiger partial charge in [-0.2, -0.15) is 0 Å². The number of nitrogens with zero attached hydrogens (tertiary/aromatic N) is 1. The number of aromatic nitrogens is 1. The highest BCUT2D eigenvalue weighted by atomic mass is 16.4. The van der Waals surface area contributed by atoms with Crippen molar-refractivity contribution < 1.29 is 14.3 Å². The molecule has 2 N–H and O–H groups in total. The molecule has 0 saturated heterocycles. The second-order valence-corrected chi connectivity index (χ2v) is 4.67. The van der Waals surface area contributed by atoms with E-state index in [2.05, 4.69) is 10.3 Å². The maximum absolute atomic E-state index is 10.7. The molecule has 0 radical (unpaired) electrons. The largest absolute Gasteiger partial charge is 0.475 e. The van der Waals surface area contributed by atoms with Gasteiger partial charge in [0.05, 0.1) is 12.1 Å². The van der Waals surface area contributed by atoms with E-state index < -0.39 is 5.97 Å². The topological polar surface area (TPSA) is 75.4 Å². The summed E-state index contributed by atoms with van der Waals surface area (Å²) in [6.07, 6.45) is 1.78. The van der Waals surface area contributed by atoms with Crippen LogP contribution < -0.4 is 5.32 Å². The zero-order valence-corrected chi connectivity index (χ0v) is 11.2. The van der Waals surface area contributed by atoms with Crippen LogP contribution >= 0.6 is 0 Å². The monoisotopic (exact) mass is 282 g/mol. The van der Waals surface area contributed by atoms with Gasteiger partial charge < -0.3 is 14.8 Å². The third-order valence-corrected chi connectivity index (χ3v) is 3.20. The van der Waals surface area contributed by atoms with Crippen molar-refractivity contribution in [2.75, 3.05) is 0 Å². The number of rotatable bonds is 5. The molecule has 106 valence electrons. The molecular formula is C16H14N2O3. The maximum atomic E-state index is 10.7. The molecular weight excluding hydrogens is 268 g/mol. The summed E-state index contributed by atoms with van der Waals surface area (Å²) in [5.74, 6) is -0.501. The van der Waals surface area contributed by atoms with Gasteiger partial charge in [-0.05, 0) is 23.8 Å². The highest BCUT2D eigenvalue weighted by Crippen LogP contribution is 2.16. The van der Waals surface area contributed by atoms with Crippen LogP contribution in [0, 0.1) is 0 Å². The van der Waals surface area contributed by atoms with Gasteiger partial charge in [0, 0.05) is 18.1 Å². The second kappa shape index (κ2) is 5.76. The number of fused-ring (bicyclic) bond motifs is 1. The minimum atomic E-state index is -1.06. The van der Waals surface area contributed by atoms with Crippen LogP contribution in [0.3, 0.4) is 0 Å². The number of carboxylic acids is 1. The van der Waals surface area contributed by atoms with E-state index in [-0.39, 0.29) is 5.76 Å². The van der Waals surface area contributed by atoms with E-state index >= 15 is 0 Å². The van der Waals surface area contributed by atoms with Gasteiger partial charge in [-0.3, -0.25) is 4.98 Å². The van der Waals surface area contributed by atoms with Gasteiger partial charge in [-0.1, -0.05) is 24.3 Å². The number of aromatic carboxylic acids is 1. The summed E-state index contributed by atoms with van der Waals surface area (Å²) in [6.45, 7) is 1.11. The van der Waals surface area contributed by atoms with Crippen molar-refractivity contribution in [3.05, 3.63) is 65.7 Å². The average Bonchev–Trinajstić information content (AvgIpc) is 2.97. The van der Waals surface area contributed by atoms with Crippen LogP contribution in [-0.4, -0.2) is 16.1 Å². The summed E-state index contributed by atoms with van der Waals surface area (Å²) < 4.78 is 5.19. The Bertz CT molecular complexity index is 775. The van der Waals surface area contributed by atoms with Gasteiger partial charge in [0.25, 0.3) is 0 Å². The Kier molecular flexibility index (Phi) is 3.66. The number of nitrogens with one attached hydrogen (secondary N) is 1. The molecule has 0 amide bonds. The Morgan fingerprint density at radius 3 is 2.81 bits per heavy atom. The van der Waals surface area contributed by atoms with Crippen molar-refractivity contribution in [3.8, 4) is 0 Å². The molecule has 0 fully saturated rings. The quantitative estimate of drug-likeness (QED) is 0.752. The summed E-state index contributed by atoms with van der Waals surface area (Å²) in [7, 11) is 0. The number of hydrogen-bond acceptors (Lipinski definition) is 4. The van der Waals surface area contributed by atoms with E-state index in [1.165, 1.54) is 6.07 Å². The highest BCUT2D eigenvalue weighted by molar-refractivity contribution is 5.84. The molecule has 0 aliphatic carbocycles. The molecule has 2 aromatic heterocycles. The Morgan fingerprint density at radius 1 is 1.14 bits per heavy atom. The molecule has 5 heteroatoms. The Balaban J connectivity index is 1.68. The van der Waals surface area contributed by atoms with E-state index in [1.54, 1.807) is 12.3 Å². The van der Waals surface area contributed by atoms with Crippen molar-refractivity contribution in [1.82, 2.24) is 10.3 Å². The molecule has 0 spiro atoms. The van der Waals surface area contributed by atoms with Crippen molar-refractivity contribution in [3.63, 3.8) is 0 Å². The normalized spacial score (nSPS) is 10.9. The van der Waals surface area contributed by atoms with Crippen molar-refractivity contribution in [1.29, 1.82) is 0 Å². The Labute approximate surface area is 121 Å². The first-order chi connectivity index (χ1) is 10.2. The molecule has 5 nitrogen and oxygen atoms in total. The SMILES string of the molecule is O=C(O)c1ccc(CNCc2cccc3cccnc23)o1. The highest BCUT2D eigenvalue weighted by Gasteiger charge is 2.08. The van der Waals surface area contributed by atoms with Gasteiger partial charge in [-0.25, -0.2) is 4.79 Å². The first-order valence-corrected chi connectivity index (χ1v) is 6.59. The minimum absolute atomic E-state index is 0.0429. The smallest absolute Gasteiger partial charge is 0.371 e. The second-order valence-electron chi connectivity index (χ2n) is 4.67. The summed E-state index contributed by atoms with van der Waals surface area (Å²) in [6, 6.07) is 13.1. The number of carboxylic acid groups (broad SMARTS) is 1. The lowest BCUT2D eigenvalue weighted by molar-refractivity contribution is 0.0660. The summed E-state index contributed by atoms with van der Waals surface area (Å²) in [5, 5.41) is 13.1. The summed E-state index contributed by atoms with van der Waals surface area (Å²) >= 11 is 0. The van der Waals surface area contributed by atoms with Crippen LogP contribution in [0.25, 0.3) is 10.9 Å². The molecule has 0 bridgehead atoms. The third-order valence-electron chi connectivity index (χ3n) is 3.20. The van der Waals surface area contributed by atoms with Gasteiger partial charge in [-0.15, -0.1) is 0 Å². The van der Waals surface area contributed by atoms with E-state index in [9.17, 15) is 4.79 Å². The van der Waals surface area contributed by atoms with Gasteiger partial charge in [0.15, 0.2) is 0 Å². The summed E-state index contributed by atoms with van der Waals surface area (Å²) in [5.41, 5.74) is 2.07. The van der Waals surface area contributed by atoms with Gasteiger partial charge in [0.1, 0.15) is 5.76 Å². The van der Waals surface area contributed by atoms with E-state index in [0.717, 1.165) is 16.5 Å². The fraction of sp³-hybridized carbons (Fsp3) is 0.125. The molecule has 0 saturated carbocycles. The standard InChI is InChI=1S/C16H14N2O3/c19-16(20)14-7-6-13(21-14)10-17-9-12-4-1-3-11-5-2-8-18-15(11)12/h1-8,17H,9-10H2,(H,19,20). The summed E-state index contributed by atoms with van der Waals surface area (Å²) in [4.78, 5) is 15.1. The predicted molar refractivity (Wildman–Crippen MR) is 78.0 cm³/mol. The molecule has 0 atom stereocenters. The van der Waals surface area contributed by atoms with E-state index in [4.69, 9.17) is 9.52 Å². The number of carbonyl (C=O) groups is 1. The number of benzene rings is 1. The fourth-order valence-corrected chi connectivity index (χ4v) is 2.22. The molecule has 1 aromatic carbocycles. The molecule has 2 heterocycles. The predicted octanol–water partition coefficient (Wildman–Crippen LogP) is 2.82. The van der Waals surface area contributed by atoms with Crippen molar-refractivity contribution >= 4 is 16.9 Å². The van der Waals surface area contributed by atoms with Crippen molar-refractivity contribution in [2.45, 2.75) is 13.1 Å². The van der Waals surface area contributed by atoms with Crippen LogP contribution in [0.2, 0.25) is 0 Å². The van der Waals surface area contributed by atoms with E-state index in [0.29, 0.717) is 18.8 Å². The average molecular weight is 282 g/mol. The number of para-hydroxylation sites is 1. The van der Waals surface area contributed by atoms with Crippen LogP contribution in [0.15, 0.2) is 53.1 Å². The molecule has 3 rings (SSSR count). The van der Waals surface area contributed by atoms with Gasteiger partial charge in [0.2, 0.25) is 5.76 Å². The van der Waals surface area contributed by atoms with E-state index in [1.807, 2.05) is 30.3 Å². The van der Waals surface area contributed by atoms with Crippen LogP contribution in [0.5, 0.6) is 0 Å². The zero-order valence-electron chi connectivity index (χ0n) is 11.2. The minimum Gasteiger partial charge on any atom is -0.475 e. The molecule has 0 aliphatic rings. The molecule has 3 aromatic rings. The maximum Gasteiger partial charge on any atom is 0.371 e. The van der Waals surface area contributed by atoms with Crippen LogP contribution in [-0.2, 0) is 13.1 Å². The Hall–Kier alpha value is -2.66. The third kappa shape index (κ3) is 2.93. The molecule has 0 aliphatic heterocycles. The van der Waals surface area contributed by atoms with Crippen LogP contribution in [0.4, 0.5) is 0 Å². The molecule has 21 heavy (non-hydrogen) atoms. The first-order valence-electron chi connectivity index (χ1n) is 6.59. The van der Waals surface area contributed by atoms with Crippen molar-refractivity contribution in [2.24, 2.45) is 0 Å². The lowest BCUT2D eigenvalue weighted by Gasteiger charge is -2.06. The fourth-order valence-electron chi connectivity index (χ4n) is 2.22. The Morgan fingerprint density at radius 2 is 2.00 bits per heavy atom. The molecule has 0 unspecified atom stereocenters. The number of hydrogen-bond donors (Lipinski definition) is 2. The lowest BCUT2D eigenvalue weighted by atomic mass is 10.1. The van der Waals surface area contributed by atoms with Gasteiger partial charge >= 0.3 is 5.97 Å². The number of pyridine rings is 1. The lowest BCUT2D eigenvalue weighted by Crippen LogP contribution is -2.12.